The molecule has 0 aliphatic rings. The van der Waals surface area contributed by atoms with Crippen LogP contribution in [0, 0.1) is 5.92 Å². The predicted molar refractivity (Wildman–Crippen MR) is 61.1 cm³/mol. The van der Waals surface area contributed by atoms with Crippen molar-refractivity contribution in [3.05, 3.63) is 24.3 Å². The van der Waals surface area contributed by atoms with E-state index in [1.54, 1.807) is 0 Å². The van der Waals surface area contributed by atoms with Crippen molar-refractivity contribution in [2.24, 2.45) is 5.92 Å². The highest BCUT2D eigenvalue weighted by Gasteiger charge is 2.06. The molecular formula is C12H17NO2. The number of amides is 1. The highest BCUT2D eigenvalue weighted by Crippen LogP contribution is 2.17. The molecule has 0 radical (unpaired) electrons. The molecule has 1 amide bonds. The van der Waals surface area contributed by atoms with Gasteiger partial charge in [-0.05, 0) is 19.1 Å². The number of ether oxygens (including phenoxy) is 1. The molecule has 0 saturated carbocycles. The van der Waals surface area contributed by atoms with Gasteiger partial charge in [0.15, 0.2) is 0 Å². The summed E-state index contributed by atoms with van der Waals surface area (Å²) in [5.41, 5.74) is 0.777. The van der Waals surface area contributed by atoms with E-state index in [0.717, 1.165) is 11.4 Å². The third kappa shape index (κ3) is 3.62. The van der Waals surface area contributed by atoms with Gasteiger partial charge in [-0.25, -0.2) is 0 Å². The molecule has 1 N–H and O–H groups in total. The van der Waals surface area contributed by atoms with Crippen LogP contribution in [0.1, 0.15) is 20.8 Å². The van der Waals surface area contributed by atoms with Gasteiger partial charge in [0.05, 0.1) is 6.61 Å². The molecule has 0 heterocycles. The molecule has 0 bridgehead atoms. The predicted octanol–water partition coefficient (Wildman–Crippen LogP) is 2.68. The third-order valence-corrected chi connectivity index (χ3v) is 1.94. The van der Waals surface area contributed by atoms with E-state index in [0.29, 0.717) is 6.61 Å². The second-order valence-corrected chi connectivity index (χ2v) is 3.60. The summed E-state index contributed by atoms with van der Waals surface area (Å²) in [5, 5.41) is 2.82. The van der Waals surface area contributed by atoms with Gasteiger partial charge in [-0.2, -0.15) is 0 Å². The minimum atomic E-state index is -0.0132. The molecule has 1 aromatic rings. The van der Waals surface area contributed by atoms with Gasteiger partial charge in [0, 0.05) is 17.7 Å². The van der Waals surface area contributed by atoms with Crippen molar-refractivity contribution in [3.8, 4) is 5.75 Å². The monoisotopic (exact) mass is 207 g/mol. The maximum absolute atomic E-state index is 11.4. The Balaban J connectivity index is 2.69. The first-order valence-corrected chi connectivity index (χ1v) is 5.17. The number of carbonyl (C=O) groups is 1. The Morgan fingerprint density at radius 2 is 2.20 bits per heavy atom. The highest BCUT2D eigenvalue weighted by molar-refractivity contribution is 5.92. The lowest BCUT2D eigenvalue weighted by atomic mass is 10.2. The molecule has 1 rings (SSSR count). The van der Waals surface area contributed by atoms with Crippen LogP contribution in [-0.4, -0.2) is 12.5 Å². The maximum atomic E-state index is 11.4. The quantitative estimate of drug-likeness (QED) is 0.824. The molecule has 82 valence electrons. The van der Waals surface area contributed by atoms with Gasteiger partial charge < -0.3 is 10.1 Å². The molecule has 15 heavy (non-hydrogen) atoms. The first-order valence-electron chi connectivity index (χ1n) is 5.17. The van der Waals surface area contributed by atoms with Gasteiger partial charge >= 0.3 is 0 Å². The standard InChI is InChI=1S/C12H17NO2/c1-4-15-11-7-5-6-10(8-11)13-12(14)9(2)3/h5-9H,4H2,1-3H3,(H,13,14). The topological polar surface area (TPSA) is 38.3 Å². The molecule has 0 aliphatic heterocycles. The summed E-state index contributed by atoms with van der Waals surface area (Å²) in [5.74, 6) is 0.781. The second-order valence-electron chi connectivity index (χ2n) is 3.60. The number of hydrogen-bond donors (Lipinski definition) is 1. The maximum Gasteiger partial charge on any atom is 0.226 e. The van der Waals surface area contributed by atoms with Crippen LogP contribution in [0.2, 0.25) is 0 Å². The van der Waals surface area contributed by atoms with Crippen LogP contribution in [0.25, 0.3) is 0 Å². The van der Waals surface area contributed by atoms with Crippen LogP contribution in [0.5, 0.6) is 5.75 Å². The zero-order valence-electron chi connectivity index (χ0n) is 9.41. The number of carbonyl (C=O) groups excluding carboxylic acids is 1. The Bertz CT molecular complexity index is 334. The molecule has 0 aliphatic carbocycles. The van der Waals surface area contributed by atoms with Crippen molar-refractivity contribution in [1.82, 2.24) is 0 Å². The molecular weight excluding hydrogens is 190 g/mol. The lowest BCUT2D eigenvalue weighted by Crippen LogP contribution is -2.17. The summed E-state index contributed by atoms with van der Waals surface area (Å²) in [4.78, 5) is 11.4. The van der Waals surface area contributed by atoms with Gasteiger partial charge in [0.25, 0.3) is 0 Å². The fourth-order valence-corrected chi connectivity index (χ4v) is 1.12. The number of nitrogens with one attached hydrogen (secondary N) is 1. The fraction of sp³-hybridized carbons (Fsp3) is 0.417. The molecule has 0 saturated heterocycles. The minimum absolute atomic E-state index is 0.0132. The lowest BCUT2D eigenvalue weighted by molar-refractivity contribution is -0.118. The Morgan fingerprint density at radius 3 is 2.80 bits per heavy atom. The van der Waals surface area contributed by atoms with Crippen LogP contribution in [0.4, 0.5) is 5.69 Å². The molecule has 1 aromatic carbocycles. The largest absolute Gasteiger partial charge is 0.494 e. The van der Waals surface area contributed by atoms with Crippen molar-refractivity contribution in [1.29, 1.82) is 0 Å². The van der Waals surface area contributed by atoms with Crippen LogP contribution in [0.3, 0.4) is 0 Å². The number of hydrogen-bond acceptors (Lipinski definition) is 2. The Hall–Kier alpha value is -1.51. The zero-order chi connectivity index (χ0) is 11.3. The van der Waals surface area contributed by atoms with E-state index in [2.05, 4.69) is 5.32 Å². The summed E-state index contributed by atoms with van der Waals surface area (Å²) in [6.07, 6.45) is 0. The second kappa shape index (κ2) is 5.39. The van der Waals surface area contributed by atoms with Crippen molar-refractivity contribution in [3.63, 3.8) is 0 Å². The van der Waals surface area contributed by atoms with Crippen molar-refractivity contribution in [2.75, 3.05) is 11.9 Å². The van der Waals surface area contributed by atoms with Gasteiger partial charge in [-0.1, -0.05) is 19.9 Å². The van der Waals surface area contributed by atoms with E-state index in [1.165, 1.54) is 0 Å². The van der Waals surface area contributed by atoms with Crippen molar-refractivity contribution >= 4 is 11.6 Å². The molecule has 0 atom stereocenters. The Kier molecular flexibility index (Phi) is 4.16. The van der Waals surface area contributed by atoms with E-state index >= 15 is 0 Å². The van der Waals surface area contributed by atoms with E-state index in [1.807, 2.05) is 45.0 Å². The highest BCUT2D eigenvalue weighted by atomic mass is 16.5. The zero-order valence-corrected chi connectivity index (χ0v) is 9.41. The summed E-state index contributed by atoms with van der Waals surface area (Å²) in [6.45, 7) is 6.28. The van der Waals surface area contributed by atoms with E-state index in [4.69, 9.17) is 4.74 Å². The Labute approximate surface area is 90.4 Å². The van der Waals surface area contributed by atoms with Gasteiger partial charge in [0.1, 0.15) is 5.75 Å². The fourth-order valence-electron chi connectivity index (χ4n) is 1.12. The Morgan fingerprint density at radius 1 is 1.47 bits per heavy atom. The van der Waals surface area contributed by atoms with Gasteiger partial charge in [-0.15, -0.1) is 0 Å². The molecule has 3 heteroatoms. The van der Waals surface area contributed by atoms with Crippen LogP contribution in [-0.2, 0) is 4.79 Å². The summed E-state index contributed by atoms with van der Waals surface area (Å²) in [7, 11) is 0. The number of benzene rings is 1. The summed E-state index contributed by atoms with van der Waals surface area (Å²) in [6, 6.07) is 7.40. The molecule has 0 spiro atoms. The van der Waals surface area contributed by atoms with Gasteiger partial charge in [0.2, 0.25) is 5.91 Å². The smallest absolute Gasteiger partial charge is 0.226 e. The molecule has 0 aromatic heterocycles. The van der Waals surface area contributed by atoms with Crippen LogP contribution in [0.15, 0.2) is 24.3 Å². The van der Waals surface area contributed by atoms with Crippen LogP contribution < -0.4 is 10.1 Å². The third-order valence-electron chi connectivity index (χ3n) is 1.94. The lowest BCUT2D eigenvalue weighted by Gasteiger charge is -2.09. The molecule has 0 fully saturated rings. The van der Waals surface area contributed by atoms with Crippen LogP contribution >= 0.6 is 0 Å². The average molecular weight is 207 g/mol. The normalized spacial score (nSPS) is 10.1. The average Bonchev–Trinajstić information content (AvgIpc) is 2.18. The van der Waals surface area contributed by atoms with E-state index in [-0.39, 0.29) is 11.8 Å². The SMILES string of the molecule is CCOc1cccc(NC(=O)C(C)C)c1. The molecule has 0 unspecified atom stereocenters. The van der Waals surface area contributed by atoms with Crippen molar-refractivity contribution in [2.45, 2.75) is 20.8 Å². The first-order chi connectivity index (χ1) is 7.13. The van der Waals surface area contributed by atoms with E-state index < -0.39 is 0 Å². The summed E-state index contributed by atoms with van der Waals surface area (Å²) < 4.78 is 5.34. The van der Waals surface area contributed by atoms with Crippen molar-refractivity contribution < 1.29 is 9.53 Å². The summed E-state index contributed by atoms with van der Waals surface area (Å²) >= 11 is 0. The first kappa shape index (κ1) is 11.6. The molecule has 3 nitrogen and oxygen atoms in total. The number of anilines is 1. The minimum Gasteiger partial charge on any atom is -0.494 e. The van der Waals surface area contributed by atoms with Gasteiger partial charge in [-0.3, -0.25) is 4.79 Å². The number of rotatable bonds is 4. The van der Waals surface area contributed by atoms with E-state index in [9.17, 15) is 4.79 Å².